The second-order valence-electron chi connectivity index (χ2n) is 5.07. The second-order valence-corrected chi connectivity index (χ2v) is 5.98. The molecular weight excluding hydrogens is 260 g/mol. The maximum Gasteiger partial charge on any atom is 0.338 e. The van der Waals surface area contributed by atoms with Crippen molar-refractivity contribution < 1.29 is 14.6 Å². The highest BCUT2D eigenvalue weighted by Gasteiger charge is 2.40. The summed E-state index contributed by atoms with van der Waals surface area (Å²) >= 11 is 1.64. The van der Waals surface area contributed by atoms with Gasteiger partial charge in [-0.25, -0.2) is 4.79 Å². The molecule has 0 aliphatic heterocycles. The van der Waals surface area contributed by atoms with E-state index in [0.29, 0.717) is 12.8 Å². The minimum atomic E-state index is -1.24. The molecule has 0 spiro atoms. The first-order valence-electron chi connectivity index (χ1n) is 6.54. The average Bonchev–Trinajstić information content (AvgIpc) is 3.03. The van der Waals surface area contributed by atoms with Crippen LogP contribution < -0.4 is 0 Å². The zero-order valence-corrected chi connectivity index (χ0v) is 11.4. The molecule has 1 N–H and O–H groups in total. The number of esters is 1. The molecule has 4 heteroatoms. The Morgan fingerprint density at radius 3 is 2.84 bits per heavy atom. The Balaban J connectivity index is 1.71. The zero-order chi connectivity index (χ0) is 13.3. The lowest BCUT2D eigenvalue weighted by Crippen LogP contribution is -2.36. The first-order chi connectivity index (χ1) is 9.19. The third-order valence-corrected chi connectivity index (χ3v) is 4.74. The van der Waals surface area contributed by atoms with Gasteiger partial charge in [0, 0.05) is 10.3 Å². The molecule has 0 radical (unpaired) electrons. The first-order valence-corrected chi connectivity index (χ1v) is 7.42. The van der Waals surface area contributed by atoms with Crippen molar-refractivity contribution in [2.24, 2.45) is 0 Å². The minimum absolute atomic E-state index is 0.241. The molecule has 2 aromatic rings. The van der Waals surface area contributed by atoms with Crippen molar-refractivity contribution in [1.29, 1.82) is 0 Å². The van der Waals surface area contributed by atoms with Crippen LogP contribution in [-0.4, -0.2) is 16.7 Å². The Morgan fingerprint density at radius 1 is 1.32 bits per heavy atom. The molecule has 1 fully saturated rings. The second kappa shape index (κ2) is 4.94. The molecule has 1 aromatic carbocycles. The number of fused-ring (bicyclic) bond motifs is 1. The summed E-state index contributed by atoms with van der Waals surface area (Å²) in [6.07, 6.45) is 2.84. The van der Waals surface area contributed by atoms with Gasteiger partial charge in [0.15, 0.2) is 5.60 Å². The predicted octanol–water partition coefficient (Wildman–Crippen LogP) is 3.25. The van der Waals surface area contributed by atoms with Gasteiger partial charge >= 0.3 is 5.97 Å². The van der Waals surface area contributed by atoms with Gasteiger partial charge in [-0.1, -0.05) is 18.2 Å². The number of ether oxygens (including phenoxy) is 1. The molecule has 0 amide bonds. The van der Waals surface area contributed by atoms with Crippen LogP contribution in [-0.2, 0) is 16.1 Å². The number of carbonyl (C=O) groups excluding carboxylic acids is 1. The van der Waals surface area contributed by atoms with Crippen LogP contribution in [0.4, 0.5) is 0 Å². The zero-order valence-electron chi connectivity index (χ0n) is 10.6. The third kappa shape index (κ3) is 2.38. The van der Waals surface area contributed by atoms with Crippen molar-refractivity contribution in [3.8, 4) is 0 Å². The maximum absolute atomic E-state index is 11.9. The van der Waals surface area contributed by atoms with E-state index in [1.807, 2.05) is 23.6 Å². The van der Waals surface area contributed by atoms with Crippen LogP contribution >= 0.6 is 11.3 Å². The fraction of sp³-hybridized carbons (Fsp3) is 0.400. The highest BCUT2D eigenvalue weighted by Crippen LogP contribution is 2.31. The Bertz CT molecular complexity index is 596. The van der Waals surface area contributed by atoms with E-state index in [9.17, 15) is 9.90 Å². The molecule has 1 aromatic heterocycles. The summed E-state index contributed by atoms with van der Waals surface area (Å²) < 4.78 is 6.49. The predicted molar refractivity (Wildman–Crippen MR) is 75.0 cm³/mol. The normalized spacial score (nSPS) is 17.7. The largest absolute Gasteiger partial charge is 0.459 e. The SMILES string of the molecule is O=C(OCc1csc2ccccc12)C1(O)CCCC1. The Hall–Kier alpha value is -1.39. The Morgan fingerprint density at radius 2 is 2.05 bits per heavy atom. The van der Waals surface area contributed by atoms with Crippen LogP contribution in [0.15, 0.2) is 29.6 Å². The number of hydrogen-bond donors (Lipinski definition) is 1. The molecule has 0 unspecified atom stereocenters. The molecule has 3 rings (SSSR count). The van der Waals surface area contributed by atoms with Crippen molar-refractivity contribution in [3.05, 3.63) is 35.2 Å². The van der Waals surface area contributed by atoms with E-state index >= 15 is 0 Å². The summed E-state index contributed by atoms with van der Waals surface area (Å²) in [7, 11) is 0. The summed E-state index contributed by atoms with van der Waals surface area (Å²) in [4.78, 5) is 11.9. The third-order valence-electron chi connectivity index (χ3n) is 3.73. The lowest BCUT2D eigenvalue weighted by molar-refractivity contribution is -0.166. The van der Waals surface area contributed by atoms with E-state index in [2.05, 4.69) is 6.07 Å². The number of rotatable bonds is 3. The van der Waals surface area contributed by atoms with Crippen LogP contribution in [0.3, 0.4) is 0 Å². The number of hydrogen-bond acceptors (Lipinski definition) is 4. The van der Waals surface area contributed by atoms with Crippen molar-refractivity contribution in [3.63, 3.8) is 0 Å². The fourth-order valence-corrected chi connectivity index (χ4v) is 3.53. The summed E-state index contributed by atoms with van der Waals surface area (Å²) in [6, 6.07) is 8.05. The van der Waals surface area contributed by atoms with Crippen molar-refractivity contribution in [2.75, 3.05) is 0 Å². The van der Waals surface area contributed by atoms with Crippen molar-refractivity contribution in [1.82, 2.24) is 0 Å². The monoisotopic (exact) mass is 276 g/mol. The maximum atomic E-state index is 11.9. The topological polar surface area (TPSA) is 46.5 Å². The number of aliphatic hydroxyl groups is 1. The summed E-state index contributed by atoms with van der Waals surface area (Å²) in [5.41, 5.74) is -0.234. The number of benzene rings is 1. The molecule has 1 heterocycles. The van der Waals surface area contributed by atoms with Gasteiger partial charge in [-0.15, -0.1) is 11.3 Å². The van der Waals surface area contributed by atoms with E-state index < -0.39 is 11.6 Å². The first kappa shape index (κ1) is 12.6. The number of thiophene rings is 1. The average molecular weight is 276 g/mol. The van der Waals surface area contributed by atoms with Gasteiger partial charge in [0.05, 0.1) is 0 Å². The van der Waals surface area contributed by atoms with Gasteiger partial charge in [0.2, 0.25) is 0 Å². The van der Waals surface area contributed by atoms with Crippen molar-refractivity contribution >= 4 is 27.4 Å². The molecule has 0 atom stereocenters. The van der Waals surface area contributed by atoms with E-state index in [4.69, 9.17) is 4.74 Å². The van der Waals surface area contributed by atoms with E-state index in [0.717, 1.165) is 23.8 Å². The van der Waals surface area contributed by atoms with E-state index in [-0.39, 0.29) is 6.61 Å². The van der Waals surface area contributed by atoms with Gasteiger partial charge < -0.3 is 9.84 Å². The smallest absolute Gasteiger partial charge is 0.338 e. The van der Waals surface area contributed by atoms with Crippen LogP contribution in [0, 0.1) is 0 Å². The van der Waals surface area contributed by atoms with Crippen LogP contribution in [0.25, 0.3) is 10.1 Å². The molecule has 1 saturated carbocycles. The Labute approximate surface area is 115 Å². The lowest BCUT2D eigenvalue weighted by Gasteiger charge is -2.19. The molecule has 19 heavy (non-hydrogen) atoms. The highest BCUT2D eigenvalue weighted by atomic mass is 32.1. The van der Waals surface area contributed by atoms with Gasteiger partial charge in [-0.3, -0.25) is 0 Å². The molecule has 1 aliphatic rings. The Kier molecular flexibility index (Phi) is 3.29. The van der Waals surface area contributed by atoms with Crippen LogP contribution in [0.1, 0.15) is 31.2 Å². The summed E-state index contributed by atoms with van der Waals surface area (Å²) in [6.45, 7) is 0.241. The molecule has 100 valence electrons. The minimum Gasteiger partial charge on any atom is -0.459 e. The molecule has 3 nitrogen and oxygen atoms in total. The van der Waals surface area contributed by atoms with E-state index in [1.165, 1.54) is 4.70 Å². The van der Waals surface area contributed by atoms with Gasteiger partial charge in [-0.05, 0) is 42.5 Å². The number of carbonyl (C=O) groups is 1. The van der Waals surface area contributed by atoms with Gasteiger partial charge in [-0.2, -0.15) is 0 Å². The molecule has 0 bridgehead atoms. The van der Waals surface area contributed by atoms with E-state index in [1.54, 1.807) is 11.3 Å². The quantitative estimate of drug-likeness (QED) is 0.875. The summed E-state index contributed by atoms with van der Waals surface area (Å²) in [5, 5.41) is 13.3. The van der Waals surface area contributed by atoms with Crippen LogP contribution in [0.2, 0.25) is 0 Å². The molecular formula is C15H16O3S. The highest BCUT2D eigenvalue weighted by molar-refractivity contribution is 7.17. The van der Waals surface area contributed by atoms with Gasteiger partial charge in [0.1, 0.15) is 6.61 Å². The molecule has 0 saturated heterocycles. The van der Waals surface area contributed by atoms with Crippen molar-refractivity contribution in [2.45, 2.75) is 37.9 Å². The van der Waals surface area contributed by atoms with Crippen LogP contribution in [0.5, 0.6) is 0 Å². The fourth-order valence-electron chi connectivity index (χ4n) is 2.59. The lowest BCUT2D eigenvalue weighted by atomic mass is 10.0. The summed E-state index contributed by atoms with van der Waals surface area (Å²) in [5.74, 6) is -0.472. The standard InChI is InChI=1S/C15H16O3S/c16-14(15(17)7-3-4-8-15)18-9-11-10-19-13-6-2-1-5-12(11)13/h1-2,5-6,10,17H,3-4,7-9H2. The van der Waals surface area contributed by atoms with Gasteiger partial charge in [0.25, 0.3) is 0 Å². The molecule has 1 aliphatic carbocycles.